The Bertz CT molecular complexity index is 786. The fourth-order valence-corrected chi connectivity index (χ4v) is 2.65. The summed E-state index contributed by atoms with van der Waals surface area (Å²) in [7, 11) is 0. The number of hydrogen-bond acceptors (Lipinski definition) is 5. The van der Waals surface area contributed by atoms with Crippen molar-refractivity contribution in [2.75, 3.05) is 0 Å². The Balaban J connectivity index is 1.99. The molecule has 0 spiro atoms. The highest BCUT2D eigenvalue weighted by Crippen LogP contribution is 2.26. The fourth-order valence-electron chi connectivity index (χ4n) is 2.65. The zero-order chi connectivity index (χ0) is 16.1. The molecule has 1 aliphatic heterocycles. The number of rotatable bonds is 0. The number of ether oxygens (including phenoxy) is 1. The molecule has 1 aliphatic rings. The lowest BCUT2D eigenvalue weighted by Crippen LogP contribution is -2.45. The summed E-state index contributed by atoms with van der Waals surface area (Å²) in [5, 5.41) is 10.5. The molecular formula is C14H19N5O3. The number of amides is 1. The van der Waals surface area contributed by atoms with Crippen molar-refractivity contribution < 1.29 is 9.53 Å². The first-order valence-electron chi connectivity index (χ1n) is 7.19. The standard InChI is InChI=1S/C14H19N5O3/c1-8-5-10-9(6-18(8)13(21)22-14(2,3)4)11-12(20)16-15-7-19(11)17-10/h7-8H,5-6H2,1-4H3,(H,16,20)/t8-/m1/s1. The molecule has 118 valence electrons. The Labute approximate surface area is 127 Å². The number of nitrogens with one attached hydrogen (secondary N) is 1. The van der Waals surface area contributed by atoms with Crippen LogP contribution in [-0.4, -0.2) is 42.4 Å². The number of carbonyl (C=O) groups excluding carboxylic acids is 1. The SMILES string of the molecule is C[C@@H]1Cc2nn3cn[nH]c(=O)c3c2CN1C(=O)OC(C)(C)C. The maximum atomic E-state index is 12.4. The maximum absolute atomic E-state index is 12.4. The summed E-state index contributed by atoms with van der Waals surface area (Å²) in [5.74, 6) is 0. The summed E-state index contributed by atoms with van der Waals surface area (Å²) < 4.78 is 6.91. The van der Waals surface area contributed by atoms with Crippen molar-refractivity contribution >= 4 is 11.6 Å². The van der Waals surface area contributed by atoms with Gasteiger partial charge in [-0.1, -0.05) is 0 Å². The van der Waals surface area contributed by atoms with Crippen LogP contribution in [0, 0.1) is 0 Å². The molecule has 3 heterocycles. The first kappa shape index (κ1) is 14.6. The summed E-state index contributed by atoms with van der Waals surface area (Å²) in [6, 6.07) is -0.0423. The molecule has 1 N–H and O–H groups in total. The highest BCUT2D eigenvalue weighted by atomic mass is 16.6. The van der Waals surface area contributed by atoms with E-state index in [-0.39, 0.29) is 17.7 Å². The van der Waals surface area contributed by atoms with Gasteiger partial charge >= 0.3 is 6.09 Å². The molecule has 22 heavy (non-hydrogen) atoms. The second kappa shape index (κ2) is 4.82. The average Bonchev–Trinajstić information content (AvgIpc) is 2.73. The van der Waals surface area contributed by atoms with E-state index in [1.807, 2.05) is 27.7 Å². The first-order chi connectivity index (χ1) is 10.3. The van der Waals surface area contributed by atoms with E-state index in [2.05, 4.69) is 15.3 Å². The Hall–Kier alpha value is -2.38. The Morgan fingerprint density at radius 2 is 2.18 bits per heavy atom. The number of H-pyrrole nitrogens is 1. The van der Waals surface area contributed by atoms with Crippen LogP contribution in [0.2, 0.25) is 0 Å². The molecule has 0 unspecified atom stereocenters. The largest absolute Gasteiger partial charge is 0.444 e. The summed E-state index contributed by atoms with van der Waals surface area (Å²) >= 11 is 0. The molecule has 0 fully saturated rings. The topological polar surface area (TPSA) is 92.6 Å². The molecule has 2 aromatic rings. The Morgan fingerprint density at radius 1 is 1.45 bits per heavy atom. The summed E-state index contributed by atoms with van der Waals surface area (Å²) in [5.41, 5.74) is 1.15. The van der Waals surface area contributed by atoms with Gasteiger partial charge in [-0.3, -0.25) is 4.79 Å². The molecule has 0 aromatic carbocycles. The predicted octanol–water partition coefficient (Wildman–Crippen LogP) is 1.10. The summed E-state index contributed by atoms with van der Waals surface area (Å²) in [6.07, 6.45) is 1.66. The van der Waals surface area contributed by atoms with Crippen LogP contribution in [0.1, 0.15) is 39.0 Å². The molecule has 0 bridgehead atoms. The zero-order valence-electron chi connectivity index (χ0n) is 13.1. The smallest absolute Gasteiger partial charge is 0.410 e. The molecule has 1 atom stereocenters. The van der Waals surface area contributed by atoms with E-state index in [1.54, 1.807) is 4.90 Å². The van der Waals surface area contributed by atoms with Gasteiger partial charge in [0.15, 0.2) is 0 Å². The molecule has 2 aromatic heterocycles. The second-order valence-electron chi connectivity index (χ2n) is 6.57. The van der Waals surface area contributed by atoms with Crippen LogP contribution >= 0.6 is 0 Å². The molecule has 0 radical (unpaired) electrons. The number of fused-ring (bicyclic) bond motifs is 3. The zero-order valence-corrected chi connectivity index (χ0v) is 13.1. The van der Waals surface area contributed by atoms with Crippen LogP contribution in [0.4, 0.5) is 4.79 Å². The molecule has 0 saturated heterocycles. The highest BCUT2D eigenvalue weighted by molar-refractivity contribution is 5.70. The van der Waals surface area contributed by atoms with E-state index in [4.69, 9.17) is 4.74 Å². The van der Waals surface area contributed by atoms with Gasteiger partial charge in [0.05, 0.1) is 12.2 Å². The van der Waals surface area contributed by atoms with Gasteiger partial charge in [0.2, 0.25) is 0 Å². The van der Waals surface area contributed by atoms with E-state index in [0.29, 0.717) is 18.5 Å². The minimum Gasteiger partial charge on any atom is -0.444 e. The maximum Gasteiger partial charge on any atom is 0.410 e. The number of aromatic nitrogens is 4. The van der Waals surface area contributed by atoms with E-state index < -0.39 is 5.60 Å². The van der Waals surface area contributed by atoms with Crippen molar-refractivity contribution in [3.8, 4) is 0 Å². The summed E-state index contributed by atoms with van der Waals surface area (Å²) in [4.78, 5) is 26.0. The van der Waals surface area contributed by atoms with Gasteiger partial charge in [0, 0.05) is 18.0 Å². The van der Waals surface area contributed by atoms with Crippen LogP contribution in [0.15, 0.2) is 11.1 Å². The van der Waals surface area contributed by atoms with Crippen molar-refractivity contribution in [2.24, 2.45) is 0 Å². The van der Waals surface area contributed by atoms with Gasteiger partial charge in [-0.2, -0.15) is 10.2 Å². The number of aromatic amines is 1. The molecular weight excluding hydrogens is 286 g/mol. The van der Waals surface area contributed by atoms with Gasteiger partial charge in [-0.25, -0.2) is 14.4 Å². The van der Waals surface area contributed by atoms with Crippen LogP contribution in [0.5, 0.6) is 0 Å². The van der Waals surface area contributed by atoms with E-state index in [1.165, 1.54) is 10.8 Å². The van der Waals surface area contributed by atoms with E-state index in [0.717, 1.165) is 11.3 Å². The lowest BCUT2D eigenvalue weighted by atomic mass is 10.0. The molecule has 0 saturated carbocycles. The summed E-state index contributed by atoms with van der Waals surface area (Å²) in [6.45, 7) is 7.74. The minimum atomic E-state index is -0.556. The number of carbonyl (C=O) groups is 1. The van der Waals surface area contributed by atoms with Crippen molar-refractivity contribution in [1.29, 1.82) is 0 Å². The fraction of sp³-hybridized carbons (Fsp3) is 0.571. The van der Waals surface area contributed by atoms with Crippen LogP contribution < -0.4 is 5.56 Å². The predicted molar refractivity (Wildman–Crippen MR) is 78.6 cm³/mol. The van der Waals surface area contributed by atoms with Crippen LogP contribution in [-0.2, 0) is 17.7 Å². The van der Waals surface area contributed by atoms with Gasteiger partial charge in [0.25, 0.3) is 5.56 Å². The third-order valence-corrected chi connectivity index (χ3v) is 3.62. The number of nitrogens with zero attached hydrogens (tertiary/aromatic N) is 4. The van der Waals surface area contributed by atoms with Gasteiger partial charge in [-0.05, 0) is 27.7 Å². The monoisotopic (exact) mass is 305 g/mol. The number of hydrogen-bond donors (Lipinski definition) is 1. The third-order valence-electron chi connectivity index (χ3n) is 3.62. The molecule has 1 amide bonds. The Morgan fingerprint density at radius 3 is 2.86 bits per heavy atom. The van der Waals surface area contributed by atoms with Crippen molar-refractivity contribution in [1.82, 2.24) is 24.7 Å². The van der Waals surface area contributed by atoms with Crippen LogP contribution in [0.3, 0.4) is 0 Å². The van der Waals surface area contributed by atoms with Crippen molar-refractivity contribution in [3.63, 3.8) is 0 Å². The van der Waals surface area contributed by atoms with E-state index in [9.17, 15) is 9.59 Å². The quantitative estimate of drug-likeness (QED) is 0.786. The van der Waals surface area contributed by atoms with Gasteiger partial charge in [-0.15, -0.1) is 0 Å². The van der Waals surface area contributed by atoms with E-state index >= 15 is 0 Å². The molecule has 8 nitrogen and oxygen atoms in total. The van der Waals surface area contributed by atoms with Crippen molar-refractivity contribution in [3.05, 3.63) is 27.9 Å². The molecule has 0 aliphatic carbocycles. The van der Waals surface area contributed by atoms with Crippen molar-refractivity contribution in [2.45, 2.75) is 52.3 Å². The van der Waals surface area contributed by atoms with Crippen LogP contribution in [0.25, 0.3) is 5.52 Å². The Kier molecular flexibility index (Phi) is 3.19. The van der Waals surface area contributed by atoms with Gasteiger partial charge < -0.3 is 9.64 Å². The normalized spacial score (nSPS) is 18.4. The lowest BCUT2D eigenvalue weighted by Gasteiger charge is -2.34. The highest BCUT2D eigenvalue weighted by Gasteiger charge is 2.33. The first-order valence-corrected chi connectivity index (χ1v) is 7.19. The minimum absolute atomic E-state index is 0.0423. The lowest BCUT2D eigenvalue weighted by molar-refractivity contribution is 0.0138. The molecule has 8 heteroatoms. The van der Waals surface area contributed by atoms with Gasteiger partial charge in [0.1, 0.15) is 17.4 Å². The average molecular weight is 305 g/mol. The second-order valence-corrected chi connectivity index (χ2v) is 6.57. The molecule has 3 rings (SSSR count). The third kappa shape index (κ3) is 2.44.